The summed E-state index contributed by atoms with van der Waals surface area (Å²) >= 11 is 6.33. The molecule has 0 radical (unpaired) electrons. The summed E-state index contributed by atoms with van der Waals surface area (Å²) in [4.78, 5) is 15.4. The van der Waals surface area contributed by atoms with Crippen LogP contribution >= 0.6 is 11.6 Å². The van der Waals surface area contributed by atoms with Crippen LogP contribution in [0.25, 0.3) is 0 Å². The fourth-order valence-corrected chi connectivity index (χ4v) is 5.21. The Bertz CT molecular complexity index is 870. The summed E-state index contributed by atoms with van der Waals surface area (Å²) in [6.07, 6.45) is 4.37. The molecule has 1 heterocycles. The lowest BCUT2D eigenvalue weighted by Crippen LogP contribution is -2.56. The van der Waals surface area contributed by atoms with Gasteiger partial charge >= 0.3 is 0 Å². The number of methoxy groups -OCH3 is 1. The Balaban J connectivity index is 1.80. The average molecular weight is 400 g/mol. The van der Waals surface area contributed by atoms with Gasteiger partial charge in [-0.2, -0.15) is 0 Å². The molecular formula is C23H26ClNO3. The van der Waals surface area contributed by atoms with Crippen molar-refractivity contribution >= 4 is 17.5 Å². The number of fused-ring (bicyclic) bond motifs is 1. The lowest BCUT2D eigenvalue weighted by Gasteiger charge is -2.52. The number of ether oxygens (including phenoxy) is 1. The minimum absolute atomic E-state index is 0.0160. The lowest BCUT2D eigenvalue weighted by molar-refractivity contribution is -0.115. The first-order valence-corrected chi connectivity index (χ1v) is 10.3. The Labute approximate surface area is 171 Å². The Morgan fingerprint density at radius 1 is 1.14 bits per heavy atom. The fraction of sp³-hybridized carbons (Fsp3) is 0.435. The van der Waals surface area contributed by atoms with E-state index in [4.69, 9.17) is 16.3 Å². The van der Waals surface area contributed by atoms with Crippen molar-refractivity contribution < 1.29 is 14.6 Å². The van der Waals surface area contributed by atoms with Gasteiger partial charge in [-0.25, -0.2) is 0 Å². The van der Waals surface area contributed by atoms with Gasteiger partial charge < -0.3 is 14.7 Å². The number of nitrogens with zero attached hydrogens (tertiary/aromatic N) is 1. The Hall–Kier alpha value is -2.04. The molecular weight excluding hydrogens is 374 g/mol. The van der Waals surface area contributed by atoms with Gasteiger partial charge in [-0.3, -0.25) is 4.79 Å². The first kappa shape index (κ1) is 19.3. The predicted octanol–water partition coefficient (Wildman–Crippen LogP) is 4.86. The second-order valence-corrected chi connectivity index (χ2v) is 8.28. The van der Waals surface area contributed by atoms with E-state index in [1.54, 1.807) is 19.2 Å². The van der Waals surface area contributed by atoms with Crippen molar-refractivity contribution in [2.75, 3.05) is 13.7 Å². The Morgan fingerprint density at radius 2 is 1.89 bits per heavy atom. The third kappa shape index (κ3) is 3.29. The maximum Gasteiger partial charge on any atom is 0.255 e. The molecule has 4 nitrogen and oxygen atoms in total. The number of benzene rings is 2. The van der Waals surface area contributed by atoms with Crippen LogP contribution in [0.2, 0.25) is 5.02 Å². The van der Waals surface area contributed by atoms with E-state index in [-0.39, 0.29) is 17.9 Å². The molecule has 2 fully saturated rings. The number of piperidine rings is 1. The summed E-state index contributed by atoms with van der Waals surface area (Å²) in [5.74, 6) is 0.645. The second-order valence-electron chi connectivity index (χ2n) is 7.87. The monoisotopic (exact) mass is 399 g/mol. The van der Waals surface area contributed by atoms with Crippen LogP contribution in [-0.4, -0.2) is 35.2 Å². The Morgan fingerprint density at radius 3 is 2.68 bits per heavy atom. The van der Waals surface area contributed by atoms with Crippen molar-refractivity contribution in [1.82, 2.24) is 4.90 Å². The molecule has 3 atom stereocenters. The van der Waals surface area contributed by atoms with Gasteiger partial charge in [0.25, 0.3) is 5.91 Å². The van der Waals surface area contributed by atoms with Gasteiger partial charge in [-0.1, -0.05) is 54.8 Å². The number of hydrogen-bond acceptors (Lipinski definition) is 3. The zero-order valence-corrected chi connectivity index (χ0v) is 16.9. The summed E-state index contributed by atoms with van der Waals surface area (Å²) in [5.41, 5.74) is 0.724. The number of halogens is 1. The van der Waals surface area contributed by atoms with Gasteiger partial charge in [-0.05, 0) is 37.5 Å². The van der Waals surface area contributed by atoms with Crippen LogP contribution in [-0.2, 0) is 0 Å². The van der Waals surface area contributed by atoms with Crippen molar-refractivity contribution in [1.29, 1.82) is 0 Å². The number of carbonyl (C=O) groups is 1. The molecule has 0 spiro atoms. The van der Waals surface area contributed by atoms with E-state index in [1.807, 2.05) is 41.3 Å². The predicted molar refractivity (Wildman–Crippen MR) is 110 cm³/mol. The highest BCUT2D eigenvalue weighted by Gasteiger charge is 2.51. The highest BCUT2D eigenvalue weighted by atomic mass is 35.5. The molecule has 2 aromatic carbocycles. The van der Waals surface area contributed by atoms with Crippen molar-refractivity contribution in [3.05, 3.63) is 64.7 Å². The number of rotatable bonds is 3. The summed E-state index contributed by atoms with van der Waals surface area (Å²) < 4.78 is 5.62. The summed E-state index contributed by atoms with van der Waals surface area (Å²) in [6.45, 7) is 0.500. The smallest absolute Gasteiger partial charge is 0.255 e. The molecule has 1 saturated carbocycles. The average Bonchev–Trinajstić information content (AvgIpc) is 2.72. The highest BCUT2D eigenvalue weighted by molar-refractivity contribution is 6.33. The molecule has 4 rings (SSSR count). The van der Waals surface area contributed by atoms with E-state index in [9.17, 15) is 9.90 Å². The molecule has 1 saturated heterocycles. The number of hydrogen-bond donors (Lipinski definition) is 1. The summed E-state index contributed by atoms with van der Waals surface area (Å²) in [6, 6.07) is 14.8. The van der Waals surface area contributed by atoms with Gasteiger partial charge in [0.15, 0.2) is 0 Å². The zero-order chi connectivity index (χ0) is 19.7. The molecule has 148 valence electrons. The van der Waals surface area contributed by atoms with Crippen molar-refractivity contribution in [3.8, 4) is 5.75 Å². The van der Waals surface area contributed by atoms with Crippen molar-refractivity contribution in [2.45, 2.75) is 43.7 Å². The Kier molecular flexibility index (Phi) is 5.35. The number of aliphatic hydroxyl groups is 1. The summed E-state index contributed by atoms with van der Waals surface area (Å²) in [5, 5.41) is 11.9. The van der Waals surface area contributed by atoms with E-state index >= 15 is 0 Å². The van der Waals surface area contributed by atoms with Crippen LogP contribution in [0.15, 0.2) is 48.5 Å². The lowest BCUT2D eigenvalue weighted by atomic mass is 9.66. The maximum absolute atomic E-state index is 13.5. The molecule has 2 aromatic rings. The standard InChI is InChI=1S/C23H26ClNO3/c1-28-20-12-5-3-9-17(20)21-18-10-6-7-13-23(18,27)14-15-25(21)22(26)16-8-2-4-11-19(16)24/h2-5,8-9,11-12,18,21,27H,6-7,10,13-15H2,1H3/t18-,21+,23+/m1/s1. The largest absolute Gasteiger partial charge is 0.496 e. The molecule has 28 heavy (non-hydrogen) atoms. The second kappa shape index (κ2) is 7.76. The van der Waals surface area contributed by atoms with Gasteiger partial charge in [0.05, 0.1) is 29.3 Å². The SMILES string of the molecule is COc1ccccc1[C@H]1[C@H]2CCCC[C@]2(O)CCN1C(=O)c1ccccc1Cl. The number of amides is 1. The van der Waals surface area contributed by atoms with Crippen molar-refractivity contribution in [2.24, 2.45) is 5.92 Å². The van der Waals surface area contributed by atoms with Crippen LogP contribution in [0.3, 0.4) is 0 Å². The van der Waals surface area contributed by atoms with Crippen LogP contribution in [0.5, 0.6) is 5.75 Å². The maximum atomic E-state index is 13.5. The third-order valence-corrected chi connectivity index (χ3v) is 6.72. The number of likely N-dealkylation sites (tertiary alicyclic amines) is 1. The third-order valence-electron chi connectivity index (χ3n) is 6.39. The van der Waals surface area contributed by atoms with E-state index in [0.717, 1.165) is 37.0 Å². The topological polar surface area (TPSA) is 49.8 Å². The first-order chi connectivity index (χ1) is 13.5. The quantitative estimate of drug-likeness (QED) is 0.802. The van der Waals surface area contributed by atoms with Gasteiger partial charge in [0.2, 0.25) is 0 Å². The van der Waals surface area contributed by atoms with Gasteiger partial charge in [0, 0.05) is 18.0 Å². The molecule has 1 N–H and O–H groups in total. The molecule has 5 heteroatoms. The van der Waals surface area contributed by atoms with Crippen molar-refractivity contribution in [3.63, 3.8) is 0 Å². The molecule has 1 aliphatic carbocycles. The van der Waals surface area contributed by atoms with E-state index in [2.05, 4.69) is 0 Å². The van der Waals surface area contributed by atoms with E-state index in [0.29, 0.717) is 23.6 Å². The van der Waals surface area contributed by atoms with Gasteiger partial charge in [-0.15, -0.1) is 0 Å². The van der Waals surface area contributed by atoms with Crippen LogP contribution in [0.1, 0.15) is 54.1 Å². The minimum atomic E-state index is -0.735. The van der Waals surface area contributed by atoms with E-state index < -0.39 is 5.60 Å². The molecule has 1 amide bonds. The molecule has 0 aromatic heterocycles. The molecule has 2 aliphatic rings. The summed E-state index contributed by atoms with van der Waals surface area (Å²) in [7, 11) is 1.65. The first-order valence-electron chi connectivity index (χ1n) is 9.96. The normalized spacial score (nSPS) is 27.2. The minimum Gasteiger partial charge on any atom is -0.496 e. The zero-order valence-electron chi connectivity index (χ0n) is 16.1. The molecule has 0 unspecified atom stereocenters. The van der Waals surface area contributed by atoms with Crippen LogP contribution < -0.4 is 4.74 Å². The molecule has 1 aliphatic heterocycles. The highest BCUT2D eigenvalue weighted by Crippen LogP contribution is 2.51. The van der Waals surface area contributed by atoms with Crippen LogP contribution in [0.4, 0.5) is 0 Å². The van der Waals surface area contributed by atoms with Crippen LogP contribution in [0, 0.1) is 5.92 Å². The van der Waals surface area contributed by atoms with E-state index in [1.165, 1.54) is 0 Å². The number of para-hydroxylation sites is 1. The molecule has 0 bridgehead atoms. The van der Waals surface area contributed by atoms with Gasteiger partial charge in [0.1, 0.15) is 5.75 Å². The fourth-order valence-electron chi connectivity index (χ4n) is 4.99. The number of carbonyl (C=O) groups excluding carboxylic acids is 1.